The molecule has 2 fully saturated rings. The third-order valence-electron chi connectivity index (χ3n) is 6.68. The zero-order valence-electron chi connectivity index (χ0n) is 18.8. The van der Waals surface area contributed by atoms with Gasteiger partial charge in [0.25, 0.3) is 0 Å². The first-order valence-electron chi connectivity index (χ1n) is 11.4. The molecule has 0 unspecified atom stereocenters. The van der Waals surface area contributed by atoms with Gasteiger partial charge in [-0.05, 0) is 18.9 Å². The molecule has 0 bridgehead atoms. The summed E-state index contributed by atoms with van der Waals surface area (Å²) >= 11 is 0. The molecule has 0 aliphatic carbocycles. The molecule has 2 aliphatic heterocycles. The van der Waals surface area contributed by atoms with Gasteiger partial charge in [0.15, 0.2) is 5.65 Å². The Bertz CT molecular complexity index is 1350. The van der Waals surface area contributed by atoms with Gasteiger partial charge in [-0.1, -0.05) is 0 Å². The number of rotatable bonds is 5. The van der Waals surface area contributed by atoms with Crippen molar-refractivity contribution in [1.82, 2.24) is 39.1 Å². The predicted octanol–water partition coefficient (Wildman–Crippen LogP) is 2.64. The first-order valence-corrected chi connectivity index (χ1v) is 11.4. The van der Waals surface area contributed by atoms with Crippen molar-refractivity contribution in [1.29, 1.82) is 0 Å². The van der Waals surface area contributed by atoms with Gasteiger partial charge in [-0.2, -0.15) is 28.4 Å². The molecule has 0 saturated carbocycles. The normalized spacial score (nSPS) is 18.4. The van der Waals surface area contributed by atoms with Crippen LogP contribution in [0.15, 0.2) is 37.1 Å². The lowest BCUT2D eigenvalue weighted by atomic mass is 10.0. The van der Waals surface area contributed by atoms with Crippen molar-refractivity contribution in [3.8, 4) is 22.3 Å². The van der Waals surface area contributed by atoms with Gasteiger partial charge in [-0.25, -0.2) is 4.52 Å². The fourth-order valence-corrected chi connectivity index (χ4v) is 4.78. The van der Waals surface area contributed by atoms with Gasteiger partial charge in [0.1, 0.15) is 6.54 Å². The van der Waals surface area contributed by atoms with E-state index in [4.69, 9.17) is 10.5 Å². The van der Waals surface area contributed by atoms with E-state index in [2.05, 4.69) is 25.2 Å². The molecule has 4 aromatic rings. The highest BCUT2D eigenvalue weighted by molar-refractivity contribution is 5.81. The van der Waals surface area contributed by atoms with Crippen molar-refractivity contribution in [2.45, 2.75) is 37.6 Å². The Morgan fingerprint density at radius 2 is 1.74 bits per heavy atom. The van der Waals surface area contributed by atoms with E-state index >= 15 is 0 Å². The van der Waals surface area contributed by atoms with Crippen LogP contribution in [0, 0.1) is 0 Å². The van der Waals surface area contributed by atoms with E-state index < -0.39 is 12.7 Å². The molecule has 0 radical (unpaired) electrons. The summed E-state index contributed by atoms with van der Waals surface area (Å²) < 4.78 is 48.2. The minimum atomic E-state index is -4.36. The minimum absolute atomic E-state index is 0.0744. The van der Waals surface area contributed by atoms with Crippen molar-refractivity contribution in [3.63, 3.8) is 0 Å². The summed E-state index contributed by atoms with van der Waals surface area (Å²) in [6.45, 7) is 2.51. The van der Waals surface area contributed by atoms with Gasteiger partial charge < -0.3 is 10.5 Å². The van der Waals surface area contributed by atoms with Crippen molar-refractivity contribution >= 4 is 11.6 Å². The number of piperidine rings is 1. The number of fused-ring (bicyclic) bond motifs is 1. The second-order valence-corrected chi connectivity index (χ2v) is 9.09. The number of halogens is 3. The lowest BCUT2D eigenvalue weighted by Crippen LogP contribution is -2.51. The van der Waals surface area contributed by atoms with Crippen LogP contribution >= 0.6 is 0 Å². The maximum absolute atomic E-state index is 12.8. The van der Waals surface area contributed by atoms with E-state index in [1.165, 1.54) is 16.9 Å². The van der Waals surface area contributed by atoms with Crippen LogP contribution < -0.4 is 5.73 Å². The molecule has 35 heavy (non-hydrogen) atoms. The number of aromatic nitrogens is 7. The molecule has 2 saturated heterocycles. The first-order chi connectivity index (χ1) is 16.8. The predicted molar refractivity (Wildman–Crippen MR) is 120 cm³/mol. The summed E-state index contributed by atoms with van der Waals surface area (Å²) in [5.41, 5.74) is 9.02. The largest absolute Gasteiger partial charge is 0.408 e. The van der Waals surface area contributed by atoms with Crippen LogP contribution in [0.25, 0.3) is 27.9 Å². The summed E-state index contributed by atoms with van der Waals surface area (Å²) in [4.78, 5) is 6.74. The Balaban J connectivity index is 1.28. The number of hydrogen-bond donors (Lipinski definition) is 1. The standard InChI is InChI=1S/C22H24F3N9O/c23-22(24,25)13-32-8-16(7-27-32)19-5-14(9-34-20(19)29-21(26)30-34)15-6-28-33(10-15)17-1-3-31(4-2-17)18-11-35-12-18/h5-10,17-18H,1-4,11-13H2,(H2,26,30). The highest BCUT2D eigenvalue weighted by atomic mass is 19.4. The van der Waals surface area contributed by atoms with Gasteiger partial charge in [0.2, 0.25) is 5.95 Å². The number of likely N-dealkylation sites (tertiary alicyclic amines) is 1. The van der Waals surface area contributed by atoms with Gasteiger partial charge in [-0.3, -0.25) is 14.3 Å². The van der Waals surface area contributed by atoms with Crippen molar-refractivity contribution in [2.24, 2.45) is 0 Å². The Morgan fingerprint density at radius 1 is 0.971 bits per heavy atom. The molecule has 2 N–H and O–H groups in total. The van der Waals surface area contributed by atoms with E-state index in [-0.39, 0.29) is 5.95 Å². The number of nitrogen functional groups attached to an aromatic ring is 1. The smallest absolute Gasteiger partial charge is 0.378 e. The molecule has 0 spiro atoms. The third kappa shape index (κ3) is 4.36. The van der Waals surface area contributed by atoms with Crippen LogP contribution in [0.3, 0.4) is 0 Å². The molecule has 0 aromatic carbocycles. The fourth-order valence-electron chi connectivity index (χ4n) is 4.78. The monoisotopic (exact) mass is 487 g/mol. The van der Waals surface area contributed by atoms with E-state index in [1.54, 1.807) is 12.4 Å². The highest BCUT2D eigenvalue weighted by Crippen LogP contribution is 2.32. The zero-order chi connectivity index (χ0) is 24.2. The summed E-state index contributed by atoms with van der Waals surface area (Å²) in [7, 11) is 0. The summed E-state index contributed by atoms with van der Waals surface area (Å²) in [5, 5.41) is 12.7. The van der Waals surface area contributed by atoms with E-state index in [0.717, 1.165) is 55.0 Å². The number of pyridine rings is 1. The maximum Gasteiger partial charge on any atom is 0.408 e. The van der Waals surface area contributed by atoms with E-state index in [9.17, 15) is 13.2 Å². The Kier molecular flexibility index (Phi) is 5.25. The molecule has 13 heteroatoms. The van der Waals surface area contributed by atoms with Gasteiger partial charge in [-0.15, -0.1) is 5.10 Å². The van der Waals surface area contributed by atoms with Crippen LogP contribution in [0.1, 0.15) is 18.9 Å². The number of nitrogens with two attached hydrogens (primary N) is 1. The van der Waals surface area contributed by atoms with Crippen molar-refractivity contribution in [3.05, 3.63) is 37.1 Å². The number of hydrogen-bond acceptors (Lipinski definition) is 7. The summed E-state index contributed by atoms with van der Waals surface area (Å²) in [6.07, 6.45) is 6.00. The van der Waals surface area contributed by atoms with Gasteiger partial charge in [0, 0.05) is 53.9 Å². The van der Waals surface area contributed by atoms with Crippen LogP contribution in [-0.2, 0) is 11.3 Å². The molecular weight excluding hydrogens is 463 g/mol. The Hall–Kier alpha value is -3.45. The summed E-state index contributed by atoms with van der Waals surface area (Å²) in [5.74, 6) is 0.0744. The van der Waals surface area contributed by atoms with Gasteiger partial charge >= 0.3 is 6.18 Å². The Labute approximate surface area is 198 Å². The average molecular weight is 487 g/mol. The second-order valence-electron chi connectivity index (χ2n) is 9.09. The minimum Gasteiger partial charge on any atom is -0.378 e. The molecule has 4 aromatic heterocycles. The van der Waals surface area contributed by atoms with E-state index in [1.807, 2.05) is 16.9 Å². The quantitative estimate of drug-likeness (QED) is 0.462. The lowest BCUT2D eigenvalue weighted by molar-refractivity contribution is -0.142. The molecule has 6 heterocycles. The topological polar surface area (TPSA) is 104 Å². The molecular formula is C22H24F3N9O. The Morgan fingerprint density at radius 3 is 2.46 bits per heavy atom. The van der Waals surface area contributed by atoms with Gasteiger partial charge in [0.05, 0.1) is 37.7 Å². The van der Waals surface area contributed by atoms with Crippen LogP contribution in [-0.4, -0.2) is 77.6 Å². The molecule has 2 aliphatic rings. The highest BCUT2D eigenvalue weighted by Gasteiger charge is 2.31. The lowest BCUT2D eigenvalue weighted by Gasteiger charge is -2.41. The average Bonchev–Trinajstić information content (AvgIpc) is 3.50. The third-order valence-corrected chi connectivity index (χ3v) is 6.68. The molecule has 10 nitrogen and oxygen atoms in total. The molecule has 184 valence electrons. The SMILES string of the molecule is Nc1nc2c(-c3cnn(CC(F)(F)F)c3)cc(-c3cnn(C4CCN(C5COC5)CC4)c3)cn2n1. The number of anilines is 1. The number of ether oxygens (including phenoxy) is 1. The molecule has 6 rings (SSSR count). The zero-order valence-corrected chi connectivity index (χ0v) is 18.8. The number of nitrogens with zero attached hydrogens (tertiary/aromatic N) is 8. The fraction of sp³-hybridized carbons (Fsp3) is 0.455. The van der Waals surface area contributed by atoms with Crippen LogP contribution in [0.2, 0.25) is 0 Å². The molecule has 0 atom stereocenters. The van der Waals surface area contributed by atoms with Crippen LogP contribution in [0.5, 0.6) is 0 Å². The maximum atomic E-state index is 12.8. The first kappa shape index (κ1) is 22.0. The second kappa shape index (κ2) is 8.34. The summed E-state index contributed by atoms with van der Waals surface area (Å²) in [6, 6.07) is 2.72. The van der Waals surface area contributed by atoms with Crippen molar-refractivity contribution < 1.29 is 17.9 Å². The van der Waals surface area contributed by atoms with E-state index in [0.29, 0.717) is 28.9 Å². The molecule has 0 amide bonds. The van der Waals surface area contributed by atoms with Crippen LogP contribution in [0.4, 0.5) is 19.1 Å². The number of alkyl halides is 3. The van der Waals surface area contributed by atoms with Crippen molar-refractivity contribution in [2.75, 3.05) is 32.0 Å².